The summed E-state index contributed by atoms with van der Waals surface area (Å²) in [4.78, 5) is 21.2. The van der Waals surface area contributed by atoms with E-state index in [1.54, 1.807) is 13.0 Å². The molecular weight excluding hydrogens is 279 g/mol. The van der Waals surface area contributed by atoms with Crippen LogP contribution in [0.2, 0.25) is 0 Å². The maximum atomic E-state index is 13.5. The molecule has 0 aliphatic carbocycles. The number of aromatic carboxylic acids is 1. The quantitative estimate of drug-likeness (QED) is 0.664. The zero-order valence-electron chi connectivity index (χ0n) is 11.0. The fourth-order valence-corrected chi connectivity index (χ4v) is 1.82. The van der Waals surface area contributed by atoms with E-state index in [-0.39, 0.29) is 16.9 Å². The van der Waals surface area contributed by atoms with Crippen molar-refractivity contribution in [3.63, 3.8) is 0 Å². The molecule has 0 radical (unpaired) electrons. The third-order valence-electron chi connectivity index (χ3n) is 2.98. The SMILES string of the molecule is Cc1c(F)cccc1Nc1ccc([N+](=O)[O-])cc1C(=O)O. The number of nitro benzene ring substituents is 1. The van der Waals surface area contributed by atoms with Crippen molar-refractivity contribution in [1.29, 1.82) is 0 Å². The lowest BCUT2D eigenvalue weighted by Gasteiger charge is -2.12. The zero-order chi connectivity index (χ0) is 15.6. The van der Waals surface area contributed by atoms with Gasteiger partial charge in [0.15, 0.2) is 0 Å². The van der Waals surface area contributed by atoms with Gasteiger partial charge in [0.1, 0.15) is 5.82 Å². The molecule has 0 unspecified atom stereocenters. The van der Waals surface area contributed by atoms with Gasteiger partial charge in [0, 0.05) is 23.4 Å². The first kappa shape index (κ1) is 14.4. The maximum absolute atomic E-state index is 13.5. The molecule has 21 heavy (non-hydrogen) atoms. The molecular formula is C14H11FN2O4. The highest BCUT2D eigenvalue weighted by atomic mass is 19.1. The van der Waals surface area contributed by atoms with Gasteiger partial charge < -0.3 is 10.4 Å². The van der Waals surface area contributed by atoms with Crippen LogP contribution in [0.5, 0.6) is 0 Å². The van der Waals surface area contributed by atoms with Crippen LogP contribution in [0.25, 0.3) is 0 Å². The number of carboxylic acids is 1. The molecule has 0 heterocycles. The van der Waals surface area contributed by atoms with Crippen LogP contribution in [0.3, 0.4) is 0 Å². The van der Waals surface area contributed by atoms with Crippen LogP contribution >= 0.6 is 0 Å². The number of non-ortho nitro benzene ring substituents is 1. The minimum atomic E-state index is -1.31. The summed E-state index contributed by atoms with van der Waals surface area (Å²) in [5, 5.41) is 22.6. The summed E-state index contributed by atoms with van der Waals surface area (Å²) in [6.07, 6.45) is 0. The summed E-state index contributed by atoms with van der Waals surface area (Å²) in [5.74, 6) is -1.74. The number of nitro groups is 1. The number of hydrogen-bond donors (Lipinski definition) is 2. The molecule has 0 saturated heterocycles. The van der Waals surface area contributed by atoms with Crippen LogP contribution in [-0.2, 0) is 0 Å². The van der Waals surface area contributed by atoms with E-state index in [4.69, 9.17) is 5.11 Å². The summed E-state index contributed by atoms with van der Waals surface area (Å²) in [7, 11) is 0. The van der Waals surface area contributed by atoms with Crippen LogP contribution in [-0.4, -0.2) is 16.0 Å². The van der Waals surface area contributed by atoms with Gasteiger partial charge in [0.05, 0.1) is 16.2 Å². The van der Waals surface area contributed by atoms with E-state index in [0.29, 0.717) is 11.3 Å². The standard InChI is InChI=1S/C14H11FN2O4/c1-8-11(15)3-2-4-12(8)16-13-6-5-9(17(20)21)7-10(13)14(18)19/h2-7,16H,1H3,(H,18,19). The second-order valence-corrected chi connectivity index (χ2v) is 4.33. The van der Waals surface area contributed by atoms with E-state index in [1.807, 2.05) is 0 Å². The molecule has 0 bridgehead atoms. The molecule has 2 rings (SSSR count). The fraction of sp³-hybridized carbons (Fsp3) is 0.0714. The number of carboxylic acid groups (broad SMARTS) is 1. The molecule has 0 aromatic heterocycles. The molecule has 2 N–H and O–H groups in total. The van der Waals surface area contributed by atoms with Crippen molar-refractivity contribution >= 4 is 23.0 Å². The van der Waals surface area contributed by atoms with Crippen molar-refractivity contribution in [2.75, 3.05) is 5.32 Å². The smallest absolute Gasteiger partial charge is 0.338 e. The summed E-state index contributed by atoms with van der Waals surface area (Å²) in [6.45, 7) is 1.55. The van der Waals surface area contributed by atoms with Crippen molar-refractivity contribution in [3.05, 3.63) is 63.5 Å². The number of nitrogens with zero attached hydrogens (tertiary/aromatic N) is 1. The number of hydrogen-bond acceptors (Lipinski definition) is 4. The normalized spacial score (nSPS) is 10.2. The predicted octanol–water partition coefficient (Wildman–Crippen LogP) is 3.48. The number of halogens is 1. The van der Waals surface area contributed by atoms with Gasteiger partial charge in [0.25, 0.3) is 5.69 Å². The van der Waals surface area contributed by atoms with Crippen LogP contribution < -0.4 is 5.32 Å². The van der Waals surface area contributed by atoms with Crippen molar-refractivity contribution < 1.29 is 19.2 Å². The van der Waals surface area contributed by atoms with E-state index in [9.17, 15) is 19.3 Å². The van der Waals surface area contributed by atoms with E-state index >= 15 is 0 Å². The first-order chi connectivity index (χ1) is 9.90. The highest BCUT2D eigenvalue weighted by Crippen LogP contribution is 2.27. The van der Waals surface area contributed by atoms with Gasteiger partial charge in [-0.25, -0.2) is 9.18 Å². The van der Waals surface area contributed by atoms with Crippen LogP contribution in [0.15, 0.2) is 36.4 Å². The Bertz CT molecular complexity index is 731. The summed E-state index contributed by atoms with van der Waals surface area (Å²) in [5.41, 5.74) is 0.294. The fourth-order valence-electron chi connectivity index (χ4n) is 1.82. The minimum Gasteiger partial charge on any atom is -0.478 e. The number of benzene rings is 2. The largest absolute Gasteiger partial charge is 0.478 e. The Kier molecular flexibility index (Phi) is 3.84. The predicted molar refractivity (Wildman–Crippen MR) is 74.5 cm³/mol. The molecule has 0 fully saturated rings. The lowest BCUT2D eigenvalue weighted by atomic mass is 10.1. The second kappa shape index (κ2) is 5.58. The third-order valence-corrected chi connectivity index (χ3v) is 2.98. The highest BCUT2D eigenvalue weighted by Gasteiger charge is 2.16. The lowest BCUT2D eigenvalue weighted by Crippen LogP contribution is -2.05. The molecule has 108 valence electrons. The van der Waals surface area contributed by atoms with Gasteiger partial charge in [-0.05, 0) is 25.1 Å². The Morgan fingerprint density at radius 2 is 2.00 bits per heavy atom. The first-order valence-corrected chi connectivity index (χ1v) is 5.94. The Labute approximate surface area is 119 Å². The molecule has 0 amide bonds. The number of nitrogens with one attached hydrogen (secondary N) is 1. The molecule has 0 saturated carbocycles. The monoisotopic (exact) mass is 290 g/mol. The van der Waals surface area contributed by atoms with Crippen molar-refractivity contribution in [3.8, 4) is 0 Å². The van der Waals surface area contributed by atoms with Gasteiger partial charge in [0.2, 0.25) is 0 Å². The van der Waals surface area contributed by atoms with Gasteiger partial charge in [-0.15, -0.1) is 0 Å². The van der Waals surface area contributed by atoms with E-state index in [1.165, 1.54) is 24.3 Å². The Hall–Kier alpha value is -2.96. The number of rotatable bonds is 4. The first-order valence-electron chi connectivity index (χ1n) is 5.94. The highest BCUT2D eigenvalue weighted by molar-refractivity contribution is 5.96. The van der Waals surface area contributed by atoms with E-state index < -0.39 is 16.7 Å². The molecule has 0 aliphatic heterocycles. The molecule has 6 nitrogen and oxygen atoms in total. The van der Waals surface area contributed by atoms with E-state index in [0.717, 1.165) is 6.07 Å². The second-order valence-electron chi connectivity index (χ2n) is 4.33. The maximum Gasteiger partial charge on any atom is 0.338 e. The summed E-state index contributed by atoms with van der Waals surface area (Å²) >= 11 is 0. The van der Waals surface area contributed by atoms with Crippen LogP contribution in [0.4, 0.5) is 21.5 Å². The Morgan fingerprint density at radius 1 is 1.29 bits per heavy atom. The zero-order valence-corrected chi connectivity index (χ0v) is 11.0. The van der Waals surface area contributed by atoms with Crippen LogP contribution in [0.1, 0.15) is 15.9 Å². The van der Waals surface area contributed by atoms with Gasteiger partial charge >= 0.3 is 5.97 Å². The average Bonchev–Trinajstić information content (AvgIpc) is 2.43. The Morgan fingerprint density at radius 3 is 2.62 bits per heavy atom. The van der Waals surface area contributed by atoms with Crippen molar-refractivity contribution in [1.82, 2.24) is 0 Å². The molecule has 2 aromatic carbocycles. The molecule has 0 spiro atoms. The molecule has 0 aliphatic rings. The Balaban J connectivity index is 2.46. The topological polar surface area (TPSA) is 92.5 Å². The van der Waals surface area contributed by atoms with Crippen molar-refractivity contribution in [2.24, 2.45) is 0 Å². The number of carbonyl (C=O) groups is 1. The molecule has 7 heteroatoms. The minimum absolute atomic E-state index is 0.154. The van der Waals surface area contributed by atoms with Crippen LogP contribution in [0, 0.1) is 22.9 Å². The summed E-state index contributed by atoms with van der Waals surface area (Å²) < 4.78 is 13.5. The van der Waals surface area contributed by atoms with Gasteiger partial charge in [-0.3, -0.25) is 10.1 Å². The van der Waals surface area contributed by atoms with E-state index in [2.05, 4.69) is 5.32 Å². The van der Waals surface area contributed by atoms with Crippen molar-refractivity contribution in [2.45, 2.75) is 6.92 Å². The molecule has 0 atom stereocenters. The third kappa shape index (κ3) is 2.97. The lowest BCUT2D eigenvalue weighted by molar-refractivity contribution is -0.384. The summed E-state index contributed by atoms with van der Waals surface area (Å²) in [6, 6.07) is 7.78. The van der Waals surface area contributed by atoms with Gasteiger partial charge in [-0.2, -0.15) is 0 Å². The average molecular weight is 290 g/mol. The number of anilines is 2. The molecule has 2 aromatic rings. The van der Waals surface area contributed by atoms with Gasteiger partial charge in [-0.1, -0.05) is 6.07 Å².